The summed E-state index contributed by atoms with van der Waals surface area (Å²) in [5, 5.41) is 11.7. The van der Waals surface area contributed by atoms with E-state index in [9.17, 15) is 14.7 Å². The number of anilines is 1. The van der Waals surface area contributed by atoms with Crippen molar-refractivity contribution >= 4 is 34.7 Å². The minimum atomic E-state index is -0.780. The van der Waals surface area contributed by atoms with Crippen molar-refractivity contribution in [3.8, 4) is 5.75 Å². The average Bonchev–Trinajstić information content (AvgIpc) is 3.07. The molecule has 3 aromatic rings. The Morgan fingerprint density at radius 3 is 2.45 bits per heavy atom. The van der Waals surface area contributed by atoms with E-state index in [1.807, 2.05) is 69.3 Å². The molecule has 0 spiro atoms. The normalized spacial score (nSPS) is 17.5. The Hall–Kier alpha value is -3.57. The third-order valence-corrected chi connectivity index (χ3v) is 6.00. The van der Waals surface area contributed by atoms with Crippen molar-refractivity contribution in [2.45, 2.75) is 26.8 Å². The molecule has 4 rings (SSSR count). The minimum absolute atomic E-state index is 0.0249. The van der Waals surface area contributed by atoms with Gasteiger partial charge in [0.1, 0.15) is 11.5 Å². The maximum absolute atomic E-state index is 13.3. The molecule has 1 amide bonds. The molecule has 1 aliphatic heterocycles. The maximum atomic E-state index is 13.3. The SMILES string of the molecule is CCOc1cc(/C(O)=C2/C(=O)C(=O)N(c3cc(C)ccc3C)C2c2ccccc2)ccc1Cl. The third-order valence-electron chi connectivity index (χ3n) is 5.69. The van der Waals surface area contributed by atoms with E-state index in [0.29, 0.717) is 28.6 Å². The molecule has 1 unspecified atom stereocenters. The summed E-state index contributed by atoms with van der Waals surface area (Å²) >= 11 is 6.20. The number of ketones is 1. The van der Waals surface area contributed by atoms with Crippen molar-refractivity contribution in [3.63, 3.8) is 0 Å². The fraction of sp³-hybridized carbons (Fsp3) is 0.185. The monoisotopic (exact) mass is 461 g/mol. The van der Waals surface area contributed by atoms with Crippen molar-refractivity contribution in [1.82, 2.24) is 0 Å². The Labute approximate surface area is 197 Å². The van der Waals surface area contributed by atoms with Crippen LogP contribution in [0, 0.1) is 13.8 Å². The number of aryl methyl sites for hydroxylation is 2. The zero-order valence-corrected chi connectivity index (χ0v) is 19.4. The molecule has 6 heteroatoms. The number of amides is 1. The first kappa shape index (κ1) is 22.6. The molecule has 0 aliphatic carbocycles. The van der Waals surface area contributed by atoms with Crippen LogP contribution >= 0.6 is 11.6 Å². The standard InChI is InChI=1S/C27H24ClNO4/c1-4-33-22-15-19(12-13-20(22)28)25(30)23-24(18-8-6-5-7-9-18)29(27(32)26(23)31)21-14-16(2)10-11-17(21)3/h5-15,24,30H,4H2,1-3H3/b25-23-. The van der Waals surface area contributed by atoms with Gasteiger partial charge in [0.2, 0.25) is 0 Å². The molecular formula is C27H24ClNO4. The molecule has 1 aliphatic rings. The molecule has 0 saturated carbocycles. The van der Waals surface area contributed by atoms with Crippen LogP contribution in [0.2, 0.25) is 5.02 Å². The van der Waals surface area contributed by atoms with Gasteiger partial charge in [-0.1, -0.05) is 54.1 Å². The van der Waals surface area contributed by atoms with E-state index in [0.717, 1.165) is 16.7 Å². The highest BCUT2D eigenvalue weighted by Crippen LogP contribution is 2.43. The minimum Gasteiger partial charge on any atom is -0.507 e. The predicted molar refractivity (Wildman–Crippen MR) is 130 cm³/mol. The van der Waals surface area contributed by atoms with Crippen LogP contribution in [0.5, 0.6) is 5.75 Å². The van der Waals surface area contributed by atoms with E-state index < -0.39 is 17.7 Å². The van der Waals surface area contributed by atoms with E-state index in [2.05, 4.69) is 0 Å². The van der Waals surface area contributed by atoms with Crippen molar-refractivity contribution in [2.75, 3.05) is 11.5 Å². The Morgan fingerprint density at radius 1 is 1.03 bits per heavy atom. The summed E-state index contributed by atoms with van der Waals surface area (Å²) < 4.78 is 5.54. The van der Waals surface area contributed by atoms with Crippen molar-refractivity contribution < 1.29 is 19.4 Å². The third kappa shape index (κ3) is 4.12. The fourth-order valence-corrected chi connectivity index (χ4v) is 4.26. The van der Waals surface area contributed by atoms with E-state index >= 15 is 0 Å². The van der Waals surface area contributed by atoms with Gasteiger partial charge >= 0.3 is 0 Å². The second-order valence-electron chi connectivity index (χ2n) is 7.95. The quantitative estimate of drug-likeness (QED) is 0.288. The summed E-state index contributed by atoms with van der Waals surface area (Å²) in [4.78, 5) is 28.1. The van der Waals surface area contributed by atoms with Crippen molar-refractivity contribution in [2.24, 2.45) is 0 Å². The number of rotatable bonds is 5. The molecular weight excluding hydrogens is 438 g/mol. The van der Waals surface area contributed by atoms with Gasteiger partial charge in [-0.2, -0.15) is 0 Å². The highest BCUT2D eigenvalue weighted by molar-refractivity contribution is 6.51. The molecule has 33 heavy (non-hydrogen) atoms. The summed E-state index contributed by atoms with van der Waals surface area (Å²) in [7, 11) is 0. The molecule has 0 bridgehead atoms. The first-order valence-corrected chi connectivity index (χ1v) is 11.1. The fourth-order valence-electron chi connectivity index (χ4n) is 4.08. The van der Waals surface area contributed by atoms with Crippen LogP contribution in [0.3, 0.4) is 0 Å². The van der Waals surface area contributed by atoms with Gasteiger partial charge in [0, 0.05) is 11.3 Å². The van der Waals surface area contributed by atoms with Gasteiger partial charge in [-0.25, -0.2) is 0 Å². The van der Waals surface area contributed by atoms with Crippen LogP contribution in [-0.2, 0) is 9.59 Å². The molecule has 1 fully saturated rings. The van der Waals surface area contributed by atoms with Gasteiger partial charge in [0.25, 0.3) is 11.7 Å². The molecule has 1 saturated heterocycles. The summed E-state index contributed by atoms with van der Waals surface area (Å²) in [5.41, 5.74) is 3.55. The van der Waals surface area contributed by atoms with Crippen LogP contribution in [-0.4, -0.2) is 23.4 Å². The molecule has 1 N–H and O–H groups in total. The number of benzene rings is 3. The number of halogens is 1. The molecule has 0 radical (unpaired) electrons. The number of hydrogen-bond donors (Lipinski definition) is 1. The highest BCUT2D eigenvalue weighted by Gasteiger charge is 2.47. The Kier molecular flexibility index (Phi) is 6.25. The van der Waals surface area contributed by atoms with E-state index in [1.165, 1.54) is 4.90 Å². The summed E-state index contributed by atoms with van der Waals surface area (Å²) in [6.07, 6.45) is 0. The lowest BCUT2D eigenvalue weighted by molar-refractivity contribution is -0.132. The largest absolute Gasteiger partial charge is 0.507 e. The summed E-state index contributed by atoms with van der Waals surface area (Å²) in [6, 6.07) is 19.0. The number of aliphatic hydroxyl groups is 1. The summed E-state index contributed by atoms with van der Waals surface area (Å²) in [6.45, 7) is 6.04. The lowest BCUT2D eigenvalue weighted by Gasteiger charge is -2.27. The van der Waals surface area contributed by atoms with Gasteiger partial charge in [0.15, 0.2) is 0 Å². The first-order valence-electron chi connectivity index (χ1n) is 10.7. The van der Waals surface area contributed by atoms with Crippen LogP contribution in [0.4, 0.5) is 5.69 Å². The highest BCUT2D eigenvalue weighted by atomic mass is 35.5. The van der Waals surface area contributed by atoms with E-state index in [-0.39, 0.29) is 11.3 Å². The number of carbonyl (C=O) groups is 2. The topological polar surface area (TPSA) is 66.8 Å². The van der Waals surface area contributed by atoms with Crippen LogP contribution in [0.25, 0.3) is 5.76 Å². The number of Topliss-reactive ketones (excluding diaryl/α,β-unsaturated/α-hetero) is 1. The average molecular weight is 462 g/mol. The molecule has 5 nitrogen and oxygen atoms in total. The van der Waals surface area contributed by atoms with Gasteiger partial charge in [-0.15, -0.1) is 0 Å². The summed E-state index contributed by atoms with van der Waals surface area (Å²) in [5.74, 6) is -1.30. The van der Waals surface area contributed by atoms with E-state index in [4.69, 9.17) is 16.3 Å². The molecule has 168 valence electrons. The number of aliphatic hydroxyl groups excluding tert-OH is 1. The zero-order chi connectivity index (χ0) is 23.7. The second kappa shape index (κ2) is 9.12. The van der Waals surface area contributed by atoms with Gasteiger partial charge in [0.05, 0.1) is 23.2 Å². The van der Waals surface area contributed by atoms with Crippen molar-refractivity contribution in [3.05, 3.63) is 99.6 Å². The molecule has 3 aromatic carbocycles. The zero-order valence-electron chi connectivity index (χ0n) is 18.6. The van der Waals surface area contributed by atoms with Crippen LogP contribution < -0.4 is 9.64 Å². The molecule has 1 heterocycles. The first-order chi connectivity index (χ1) is 15.8. The van der Waals surface area contributed by atoms with Crippen LogP contribution in [0.15, 0.2) is 72.3 Å². The number of carbonyl (C=O) groups excluding carboxylic acids is 2. The van der Waals surface area contributed by atoms with Crippen LogP contribution in [0.1, 0.15) is 35.2 Å². The maximum Gasteiger partial charge on any atom is 0.300 e. The molecule has 0 aromatic heterocycles. The number of nitrogens with zero attached hydrogens (tertiary/aromatic N) is 1. The number of hydrogen-bond acceptors (Lipinski definition) is 4. The Balaban J connectivity index is 1.95. The van der Waals surface area contributed by atoms with Gasteiger partial charge < -0.3 is 9.84 Å². The van der Waals surface area contributed by atoms with Gasteiger partial charge in [-0.05, 0) is 61.7 Å². The molecule has 1 atom stereocenters. The lowest BCUT2D eigenvalue weighted by atomic mass is 9.95. The van der Waals surface area contributed by atoms with Crippen molar-refractivity contribution in [1.29, 1.82) is 0 Å². The number of ether oxygens (including phenoxy) is 1. The van der Waals surface area contributed by atoms with E-state index in [1.54, 1.807) is 18.2 Å². The smallest absolute Gasteiger partial charge is 0.300 e. The lowest BCUT2D eigenvalue weighted by Crippen LogP contribution is -2.30. The second-order valence-corrected chi connectivity index (χ2v) is 8.36. The Bertz CT molecular complexity index is 1270. The predicted octanol–water partition coefficient (Wildman–Crippen LogP) is 5.98. The Morgan fingerprint density at radius 2 is 1.76 bits per heavy atom. The van der Waals surface area contributed by atoms with Gasteiger partial charge in [-0.3, -0.25) is 14.5 Å².